The van der Waals surface area contributed by atoms with Crippen LogP contribution in [0.5, 0.6) is 0 Å². The van der Waals surface area contributed by atoms with E-state index in [2.05, 4.69) is 17.5 Å². The van der Waals surface area contributed by atoms with Gasteiger partial charge in [-0.25, -0.2) is 9.18 Å². The molecule has 0 spiro atoms. The normalized spacial score (nSPS) is 31.8. The molecule has 1 saturated heterocycles. The van der Waals surface area contributed by atoms with Gasteiger partial charge in [0.1, 0.15) is 11.9 Å². The molecule has 7 unspecified atom stereocenters. The van der Waals surface area contributed by atoms with Gasteiger partial charge in [-0.05, 0) is 60.8 Å². The zero-order chi connectivity index (χ0) is 23.3. The number of benzene rings is 1. The van der Waals surface area contributed by atoms with Crippen LogP contribution in [0.15, 0.2) is 36.4 Å². The molecule has 7 atom stereocenters. The second kappa shape index (κ2) is 8.39. The lowest BCUT2D eigenvalue weighted by Gasteiger charge is -2.37. The Bertz CT molecular complexity index is 986. The first-order valence-electron chi connectivity index (χ1n) is 11.7. The molecule has 2 bridgehead atoms. The zero-order valence-corrected chi connectivity index (χ0v) is 18.4. The fourth-order valence-corrected chi connectivity index (χ4v) is 6.00. The molecule has 3 fully saturated rings. The number of rotatable bonds is 8. The third-order valence-corrected chi connectivity index (χ3v) is 7.59. The lowest BCUT2D eigenvalue weighted by atomic mass is 9.63. The number of esters is 1. The van der Waals surface area contributed by atoms with Gasteiger partial charge in [0.15, 0.2) is 6.61 Å². The topological polar surface area (TPSA) is 92.8 Å². The second-order valence-corrected chi connectivity index (χ2v) is 9.52. The lowest BCUT2D eigenvalue weighted by Crippen LogP contribution is -2.47. The first kappa shape index (κ1) is 21.8. The van der Waals surface area contributed by atoms with Crippen molar-refractivity contribution in [3.63, 3.8) is 0 Å². The van der Waals surface area contributed by atoms with E-state index < -0.39 is 30.3 Å². The number of nitrogens with one attached hydrogen (secondary N) is 1. The van der Waals surface area contributed by atoms with Gasteiger partial charge in [-0.3, -0.25) is 19.3 Å². The predicted octanol–water partition coefficient (Wildman–Crippen LogP) is 2.92. The van der Waals surface area contributed by atoms with E-state index in [1.54, 1.807) is 0 Å². The molecule has 0 aromatic heterocycles. The van der Waals surface area contributed by atoms with Gasteiger partial charge < -0.3 is 10.1 Å². The van der Waals surface area contributed by atoms with E-state index in [1.165, 1.54) is 24.3 Å². The highest BCUT2D eigenvalue weighted by Gasteiger charge is 2.67. The molecule has 8 heteroatoms. The molecule has 1 aromatic rings. The maximum atomic E-state index is 13.4. The molecule has 7 nitrogen and oxygen atoms in total. The van der Waals surface area contributed by atoms with Gasteiger partial charge in [-0.1, -0.05) is 31.9 Å². The third kappa shape index (κ3) is 3.75. The molecule has 1 heterocycles. The number of likely N-dealkylation sites (tertiary alicyclic amines) is 1. The van der Waals surface area contributed by atoms with Crippen molar-refractivity contribution in [1.82, 2.24) is 4.90 Å². The molecule has 1 aromatic carbocycles. The summed E-state index contributed by atoms with van der Waals surface area (Å²) >= 11 is 0. The summed E-state index contributed by atoms with van der Waals surface area (Å²) in [6, 6.07) is 4.19. The van der Waals surface area contributed by atoms with Crippen LogP contribution in [0, 0.1) is 41.3 Å². The largest absolute Gasteiger partial charge is 0.454 e. The zero-order valence-electron chi connectivity index (χ0n) is 18.4. The van der Waals surface area contributed by atoms with Gasteiger partial charge in [0.05, 0.1) is 11.8 Å². The number of anilines is 1. The second-order valence-electron chi connectivity index (χ2n) is 9.52. The van der Waals surface area contributed by atoms with Crippen LogP contribution in [0.3, 0.4) is 0 Å². The van der Waals surface area contributed by atoms with E-state index in [1.807, 2.05) is 6.92 Å². The van der Waals surface area contributed by atoms with E-state index in [0.717, 1.165) is 17.7 Å². The molecule has 5 aliphatic rings. The van der Waals surface area contributed by atoms with Crippen molar-refractivity contribution >= 4 is 29.4 Å². The Morgan fingerprint density at radius 3 is 2.27 bits per heavy atom. The van der Waals surface area contributed by atoms with Crippen molar-refractivity contribution in [3.8, 4) is 0 Å². The number of ether oxygens (including phenoxy) is 1. The third-order valence-electron chi connectivity index (χ3n) is 7.59. The monoisotopic (exact) mass is 454 g/mol. The number of allylic oxidation sites excluding steroid dienone is 2. The summed E-state index contributed by atoms with van der Waals surface area (Å²) < 4.78 is 18.3. The molecular formula is C25H27FN2O5. The molecule has 1 aliphatic heterocycles. The number of hydrogen-bond donors (Lipinski definition) is 1. The number of nitrogens with zero attached hydrogens (tertiary/aromatic N) is 1. The average molecular weight is 454 g/mol. The molecule has 0 radical (unpaired) electrons. The number of amides is 3. The smallest absolute Gasteiger partial charge is 0.329 e. The lowest BCUT2D eigenvalue weighted by molar-refractivity contribution is -0.160. The van der Waals surface area contributed by atoms with Gasteiger partial charge in [-0.15, -0.1) is 0 Å². The van der Waals surface area contributed by atoms with Crippen molar-refractivity contribution in [2.75, 3.05) is 11.9 Å². The van der Waals surface area contributed by atoms with E-state index in [-0.39, 0.29) is 35.5 Å². The Kier molecular flexibility index (Phi) is 5.54. The van der Waals surface area contributed by atoms with Crippen LogP contribution in [-0.2, 0) is 23.9 Å². The number of unbranched alkanes of at least 4 members (excludes halogenated alkanes) is 1. The predicted molar refractivity (Wildman–Crippen MR) is 116 cm³/mol. The molecule has 2 saturated carbocycles. The van der Waals surface area contributed by atoms with Gasteiger partial charge in [0.25, 0.3) is 5.91 Å². The molecule has 174 valence electrons. The Balaban J connectivity index is 1.27. The minimum atomic E-state index is -1.02. The summed E-state index contributed by atoms with van der Waals surface area (Å²) in [5, 5.41) is 2.53. The quantitative estimate of drug-likeness (QED) is 0.370. The summed E-state index contributed by atoms with van der Waals surface area (Å²) in [7, 11) is 0. The fourth-order valence-electron chi connectivity index (χ4n) is 6.00. The highest BCUT2D eigenvalue weighted by atomic mass is 19.1. The summed E-state index contributed by atoms with van der Waals surface area (Å²) in [4.78, 5) is 53.1. The molecule has 33 heavy (non-hydrogen) atoms. The number of imide groups is 1. The van der Waals surface area contributed by atoms with Crippen LogP contribution in [0.1, 0.15) is 32.6 Å². The Labute approximate surface area is 191 Å². The molecule has 4 aliphatic carbocycles. The maximum absolute atomic E-state index is 13.4. The first-order chi connectivity index (χ1) is 15.9. The van der Waals surface area contributed by atoms with Crippen LogP contribution >= 0.6 is 0 Å². The molecule has 1 N–H and O–H groups in total. The highest BCUT2D eigenvalue weighted by molar-refractivity contribution is 6.09. The SMILES string of the molecule is CCCCC(C(=O)OCC(=O)Nc1ccc(F)cc1)N1C(=O)C2C3C=CC(C4CC34)C2C1=O. The van der Waals surface area contributed by atoms with Crippen molar-refractivity contribution in [1.29, 1.82) is 0 Å². The van der Waals surface area contributed by atoms with Crippen molar-refractivity contribution in [2.24, 2.45) is 35.5 Å². The number of halogens is 1. The Morgan fingerprint density at radius 2 is 1.70 bits per heavy atom. The first-order valence-corrected chi connectivity index (χ1v) is 11.7. The maximum Gasteiger partial charge on any atom is 0.329 e. The number of carbonyl (C=O) groups excluding carboxylic acids is 4. The van der Waals surface area contributed by atoms with Crippen molar-refractivity contribution < 1.29 is 28.3 Å². The van der Waals surface area contributed by atoms with Gasteiger partial charge in [-0.2, -0.15) is 0 Å². The summed E-state index contributed by atoms with van der Waals surface area (Å²) in [6.07, 6.45) is 6.99. The van der Waals surface area contributed by atoms with Gasteiger partial charge in [0, 0.05) is 5.69 Å². The summed E-state index contributed by atoms with van der Waals surface area (Å²) in [5.41, 5.74) is 0.371. The highest BCUT2D eigenvalue weighted by Crippen LogP contribution is 2.65. The average Bonchev–Trinajstić information content (AvgIpc) is 3.59. The van der Waals surface area contributed by atoms with Crippen LogP contribution in [-0.4, -0.2) is 41.2 Å². The number of hydrogen-bond acceptors (Lipinski definition) is 5. The fraction of sp³-hybridized carbons (Fsp3) is 0.520. The van der Waals surface area contributed by atoms with E-state index in [9.17, 15) is 23.6 Å². The minimum absolute atomic E-state index is 0.0794. The molecule has 3 amide bonds. The minimum Gasteiger partial charge on any atom is -0.454 e. The van der Waals surface area contributed by atoms with Crippen LogP contribution < -0.4 is 5.32 Å². The molecular weight excluding hydrogens is 427 g/mol. The Morgan fingerprint density at radius 1 is 1.09 bits per heavy atom. The number of carbonyl (C=O) groups is 4. The van der Waals surface area contributed by atoms with Crippen molar-refractivity contribution in [2.45, 2.75) is 38.6 Å². The van der Waals surface area contributed by atoms with E-state index in [4.69, 9.17) is 4.74 Å². The summed E-state index contributed by atoms with van der Waals surface area (Å²) in [5.74, 6) is -1.95. The van der Waals surface area contributed by atoms with Crippen LogP contribution in [0.25, 0.3) is 0 Å². The van der Waals surface area contributed by atoms with Crippen LogP contribution in [0.4, 0.5) is 10.1 Å². The Hall–Kier alpha value is -3.03. The van der Waals surface area contributed by atoms with Crippen molar-refractivity contribution in [3.05, 3.63) is 42.2 Å². The van der Waals surface area contributed by atoms with Crippen LogP contribution in [0.2, 0.25) is 0 Å². The van der Waals surface area contributed by atoms with E-state index in [0.29, 0.717) is 30.4 Å². The van der Waals surface area contributed by atoms with E-state index >= 15 is 0 Å². The standard InChI is InChI=1S/C25H27FN2O5/c1-2-3-4-19(25(32)33-12-20(29)27-14-7-5-13(26)6-8-14)28-23(30)21-15-9-10-16(18-11-17(15)18)22(21)24(28)31/h5-10,15-19,21-22H,2-4,11-12H2,1H3,(H,27,29). The van der Waals surface area contributed by atoms with Gasteiger partial charge in [0.2, 0.25) is 11.8 Å². The van der Waals surface area contributed by atoms with Gasteiger partial charge >= 0.3 is 5.97 Å². The molecule has 6 rings (SSSR count). The summed E-state index contributed by atoms with van der Waals surface area (Å²) in [6.45, 7) is 1.41.